The molecule has 0 radical (unpaired) electrons. The minimum absolute atomic E-state index is 0.0651. The van der Waals surface area contributed by atoms with E-state index < -0.39 is 0 Å². The quantitative estimate of drug-likeness (QED) is 0.471. The number of amides is 2. The first-order chi connectivity index (χ1) is 6.16. The van der Waals surface area contributed by atoms with Crippen molar-refractivity contribution in [1.82, 2.24) is 4.90 Å². The molecular weight excluding hydrogens is 170 g/mol. The van der Waals surface area contributed by atoms with Crippen LogP contribution >= 0.6 is 0 Å². The third-order valence-electron chi connectivity index (χ3n) is 2.13. The van der Waals surface area contributed by atoms with Gasteiger partial charge in [-0.05, 0) is 6.92 Å². The number of nitrogens with zero attached hydrogens (tertiary/aromatic N) is 1. The molecule has 1 fully saturated rings. The van der Waals surface area contributed by atoms with Crippen molar-refractivity contribution in [2.24, 2.45) is 5.92 Å². The van der Waals surface area contributed by atoms with Gasteiger partial charge in [-0.15, -0.1) is 0 Å². The topological polar surface area (TPSA) is 46.6 Å². The summed E-state index contributed by atoms with van der Waals surface area (Å²) in [6.45, 7) is 5.12. The second kappa shape index (κ2) is 4.37. The number of ether oxygens (including phenoxy) is 1. The van der Waals surface area contributed by atoms with Crippen LogP contribution in [0.3, 0.4) is 0 Å². The zero-order valence-corrected chi connectivity index (χ0v) is 8.08. The van der Waals surface area contributed by atoms with Crippen LogP contribution in [0, 0.1) is 5.92 Å². The van der Waals surface area contributed by atoms with Crippen molar-refractivity contribution in [1.29, 1.82) is 0 Å². The van der Waals surface area contributed by atoms with E-state index in [0.29, 0.717) is 26.2 Å². The number of likely N-dealkylation sites (tertiary alicyclic amines) is 1. The molecular formula is C9H15NO3. The Morgan fingerprint density at radius 2 is 2.23 bits per heavy atom. The van der Waals surface area contributed by atoms with E-state index in [0.717, 1.165) is 0 Å². The number of hydrogen-bond acceptors (Lipinski definition) is 3. The summed E-state index contributed by atoms with van der Waals surface area (Å²) in [5, 5.41) is 0. The van der Waals surface area contributed by atoms with Crippen LogP contribution in [-0.2, 0) is 14.3 Å². The molecule has 0 aromatic heterocycles. The van der Waals surface area contributed by atoms with Crippen LogP contribution in [0.5, 0.6) is 0 Å². The van der Waals surface area contributed by atoms with Gasteiger partial charge in [-0.1, -0.05) is 6.92 Å². The van der Waals surface area contributed by atoms with Crippen LogP contribution in [0.1, 0.15) is 20.3 Å². The minimum atomic E-state index is -0.144. The lowest BCUT2D eigenvalue weighted by Gasteiger charge is -2.13. The Bertz CT molecular complexity index is 215. The zero-order valence-electron chi connectivity index (χ0n) is 8.08. The van der Waals surface area contributed by atoms with E-state index in [-0.39, 0.29) is 17.7 Å². The van der Waals surface area contributed by atoms with Crippen molar-refractivity contribution < 1.29 is 14.3 Å². The fourth-order valence-electron chi connectivity index (χ4n) is 1.38. The van der Waals surface area contributed by atoms with E-state index in [1.165, 1.54) is 4.90 Å². The Balaban J connectivity index is 2.40. The van der Waals surface area contributed by atoms with Crippen LogP contribution < -0.4 is 0 Å². The first-order valence-corrected chi connectivity index (χ1v) is 4.58. The Kier molecular flexibility index (Phi) is 3.42. The molecule has 0 N–H and O–H groups in total. The number of rotatable bonds is 4. The third-order valence-corrected chi connectivity index (χ3v) is 2.13. The van der Waals surface area contributed by atoms with Crippen molar-refractivity contribution in [2.75, 3.05) is 19.8 Å². The van der Waals surface area contributed by atoms with Crippen molar-refractivity contribution >= 4 is 11.8 Å². The van der Waals surface area contributed by atoms with Crippen molar-refractivity contribution in [3.63, 3.8) is 0 Å². The Morgan fingerprint density at radius 1 is 1.54 bits per heavy atom. The first-order valence-electron chi connectivity index (χ1n) is 4.58. The summed E-state index contributed by atoms with van der Waals surface area (Å²) in [7, 11) is 0. The maximum atomic E-state index is 11.4. The molecule has 1 heterocycles. The lowest BCUT2D eigenvalue weighted by molar-refractivity contribution is -0.140. The third kappa shape index (κ3) is 2.28. The van der Waals surface area contributed by atoms with E-state index in [1.807, 2.05) is 6.92 Å². The number of imide groups is 1. The summed E-state index contributed by atoms with van der Waals surface area (Å²) in [4.78, 5) is 23.9. The van der Waals surface area contributed by atoms with Crippen LogP contribution in [0.15, 0.2) is 0 Å². The highest BCUT2D eigenvalue weighted by atomic mass is 16.5. The van der Waals surface area contributed by atoms with Gasteiger partial charge in [0.1, 0.15) is 0 Å². The van der Waals surface area contributed by atoms with E-state index in [4.69, 9.17) is 4.74 Å². The lowest BCUT2D eigenvalue weighted by atomic mass is 10.1. The molecule has 1 aliphatic heterocycles. The number of hydrogen-bond donors (Lipinski definition) is 0. The molecule has 1 unspecified atom stereocenters. The molecule has 4 heteroatoms. The monoisotopic (exact) mass is 185 g/mol. The van der Waals surface area contributed by atoms with Crippen LogP contribution in [-0.4, -0.2) is 36.5 Å². The first kappa shape index (κ1) is 10.2. The van der Waals surface area contributed by atoms with Gasteiger partial charge in [-0.25, -0.2) is 0 Å². The largest absolute Gasteiger partial charge is 0.380 e. The molecule has 0 aliphatic carbocycles. The maximum Gasteiger partial charge on any atom is 0.232 e. The smallest absolute Gasteiger partial charge is 0.232 e. The fourth-order valence-corrected chi connectivity index (χ4v) is 1.38. The normalized spacial score (nSPS) is 22.9. The van der Waals surface area contributed by atoms with Gasteiger partial charge in [0.05, 0.1) is 13.2 Å². The Hall–Kier alpha value is -0.900. The van der Waals surface area contributed by atoms with Crippen molar-refractivity contribution in [3.8, 4) is 0 Å². The second-order valence-electron chi connectivity index (χ2n) is 3.19. The van der Waals surface area contributed by atoms with Crippen LogP contribution in [0.25, 0.3) is 0 Å². The second-order valence-corrected chi connectivity index (χ2v) is 3.19. The number of carbonyl (C=O) groups is 2. The molecule has 0 aromatic rings. The molecule has 1 atom stereocenters. The Labute approximate surface area is 77.8 Å². The summed E-state index contributed by atoms with van der Waals surface area (Å²) in [5.74, 6) is -0.281. The molecule has 0 saturated carbocycles. The molecule has 1 saturated heterocycles. The van der Waals surface area contributed by atoms with Crippen LogP contribution in [0.4, 0.5) is 0 Å². The molecule has 0 bridgehead atoms. The Morgan fingerprint density at radius 3 is 2.69 bits per heavy atom. The predicted molar refractivity (Wildman–Crippen MR) is 47.0 cm³/mol. The highest BCUT2D eigenvalue weighted by Gasteiger charge is 2.34. The highest BCUT2D eigenvalue weighted by Crippen LogP contribution is 2.17. The molecule has 1 aliphatic rings. The summed E-state index contributed by atoms with van der Waals surface area (Å²) in [6, 6.07) is 0. The zero-order chi connectivity index (χ0) is 9.84. The average molecular weight is 185 g/mol. The molecule has 4 nitrogen and oxygen atoms in total. The van der Waals surface area contributed by atoms with Gasteiger partial charge in [0.2, 0.25) is 11.8 Å². The van der Waals surface area contributed by atoms with Crippen molar-refractivity contribution in [3.05, 3.63) is 0 Å². The van der Waals surface area contributed by atoms with Crippen LogP contribution in [0.2, 0.25) is 0 Å². The molecule has 74 valence electrons. The fraction of sp³-hybridized carbons (Fsp3) is 0.778. The van der Waals surface area contributed by atoms with Gasteiger partial charge in [-0.3, -0.25) is 14.5 Å². The van der Waals surface area contributed by atoms with Gasteiger partial charge in [0.25, 0.3) is 0 Å². The summed E-state index contributed by atoms with van der Waals surface area (Å²) < 4.78 is 5.08. The predicted octanol–water partition coefficient (Wildman–Crippen LogP) is 0.418. The van der Waals surface area contributed by atoms with Gasteiger partial charge in [0, 0.05) is 18.9 Å². The molecule has 0 aromatic carbocycles. The van der Waals surface area contributed by atoms with E-state index >= 15 is 0 Å². The molecule has 13 heavy (non-hydrogen) atoms. The molecule has 1 rings (SSSR count). The minimum Gasteiger partial charge on any atom is -0.380 e. The maximum absolute atomic E-state index is 11.4. The van der Waals surface area contributed by atoms with Gasteiger partial charge >= 0.3 is 0 Å². The summed E-state index contributed by atoms with van der Waals surface area (Å²) >= 11 is 0. The summed E-state index contributed by atoms with van der Waals surface area (Å²) in [6.07, 6.45) is 0.352. The van der Waals surface area contributed by atoms with Gasteiger partial charge in [0.15, 0.2) is 0 Å². The van der Waals surface area contributed by atoms with Crippen molar-refractivity contribution in [2.45, 2.75) is 20.3 Å². The van der Waals surface area contributed by atoms with Gasteiger partial charge < -0.3 is 4.74 Å². The molecule has 0 spiro atoms. The van der Waals surface area contributed by atoms with E-state index in [9.17, 15) is 9.59 Å². The highest BCUT2D eigenvalue weighted by molar-refractivity contribution is 6.03. The van der Waals surface area contributed by atoms with E-state index in [1.54, 1.807) is 6.92 Å². The number of carbonyl (C=O) groups excluding carboxylic acids is 2. The summed E-state index contributed by atoms with van der Waals surface area (Å²) in [5.41, 5.74) is 0. The average Bonchev–Trinajstić information content (AvgIpc) is 2.32. The van der Waals surface area contributed by atoms with Gasteiger partial charge in [-0.2, -0.15) is 0 Å². The SMILES string of the molecule is CCOCCN1C(=O)CC(C)C1=O. The molecule has 2 amide bonds. The lowest BCUT2D eigenvalue weighted by Crippen LogP contribution is -2.33. The van der Waals surface area contributed by atoms with E-state index in [2.05, 4.69) is 0 Å². The standard InChI is InChI=1S/C9H15NO3/c1-3-13-5-4-10-8(11)6-7(2)9(10)12/h7H,3-6H2,1-2H3.